The third-order valence-corrected chi connectivity index (χ3v) is 4.51. The molecule has 28 heavy (non-hydrogen) atoms. The van der Waals surface area contributed by atoms with Gasteiger partial charge in [-0.05, 0) is 17.7 Å². The molecule has 0 aliphatic carbocycles. The van der Waals surface area contributed by atoms with Gasteiger partial charge in [0.1, 0.15) is 12.1 Å². The molecule has 3 rings (SSSR count). The van der Waals surface area contributed by atoms with Gasteiger partial charge in [0.15, 0.2) is 0 Å². The van der Waals surface area contributed by atoms with Crippen molar-refractivity contribution in [3.63, 3.8) is 0 Å². The highest BCUT2D eigenvalue weighted by Crippen LogP contribution is 2.26. The number of aliphatic hydroxyl groups excluding tert-OH is 1. The molecule has 0 spiro atoms. The number of carbonyl (C=O) groups is 4. The fourth-order valence-corrected chi connectivity index (χ4v) is 3.08. The Balaban J connectivity index is 1.95. The van der Waals surface area contributed by atoms with E-state index < -0.39 is 42.4 Å². The predicted octanol–water partition coefficient (Wildman–Crippen LogP) is 0.456. The van der Waals surface area contributed by atoms with Crippen LogP contribution in [0.5, 0.6) is 0 Å². The SMILES string of the molecule is O=C(N[C@@H](CO)C(=O)O)C(Cc1ccccc1)N1C(=O)c2ccccc2C1=O. The summed E-state index contributed by atoms with van der Waals surface area (Å²) in [6, 6.07) is 12.2. The van der Waals surface area contributed by atoms with Gasteiger partial charge < -0.3 is 15.5 Å². The summed E-state index contributed by atoms with van der Waals surface area (Å²) < 4.78 is 0. The molecule has 0 aromatic heterocycles. The Kier molecular flexibility index (Phi) is 5.51. The van der Waals surface area contributed by atoms with Crippen molar-refractivity contribution in [2.45, 2.75) is 18.5 Å². The number of hydrogen-bond acceptors (Lipinski definition) is 5. The zero-order chi connectivity index (χ0) is 20.3. The number of benzene rings is 2. The van der Waals surface area contributed by atoms with Gasteiger partial charge in [-0.3, -0.25) is 19.3 Å². The highest BCUT2D eigenvalue weighted by molar-refractivity contribution is 6.22. The molecule has 144 valence electrons. The van der Waals surface area contributed by atoms with Crippen LogP contribution in [0.1, 0.15) is 26.3 Å². The standard InChI is InChI=1S/C20H18N2O6/c23-11-15(20(27)28)21-17(24)16(10-12-6-2-1-3-7-12)22-18(25)13-8-4-5-9-14(13)19(22)26/h1-9,15-16,23H,10-11H2,(H,21,24)(H,27,28)/t15-,16?/m0/s1. The Bertz CT molecular complexity index is 892. The molecule has 0 radical (unpaired) electrons. The lowest BCUT2D eigenvalue weighted by Crippen LogP contribution is -2.55. The maximum atomic E-state index is 12.8. The Morgan fingerprint density at radius 3 is 1.96 bits per heavy atom. The van der Waals surface area contributed by atoms with Crippen molar-refractivity contribution >= 4 is 23.7 Å². The van der Waals surface area contributed by atoms with Crippen molar-refractivity contribution in [2.75, 3.05) is 6.61 Å². The maximum absolute atomic E-state index is 12.8. The number of carboxylic acids is 1. The summed E-state index contributed by atoms with van der Waals surface area (Å²) in [6.45, 7) is -0.818. The molecular formula is C20H18N2O6. The number of imide groups is 1. The average Bonchev–Trinajstić information content (AvgIpc) is 2.95. The second-order valence-electron chi connectivity index (χ2n) is 6.31. The Labute approximate surface area is 160 Å². The van der Waals surface area contributed by atoms with E-state index in [4.69, 9.17) is 5.11 Å². The third kappa shape index (κ3) is 3.63. The van der Waals surface area contributed by atoms with Crippen LogP contribution in [0.2, 0.25) is 0 Å². The summed E-state index contributed by atoms with van der Waals surface area (Å²) in [7, 11) is 0. The van der Waals surface area contributed by atoms with E-state index >= 15 is 0 Å². The number of amides is 3. The number of aliphatic hydroxyl groups is 1. The minimum absolute atomic E-state index is 0.00983. The summed E-state index contributed by atoms with van der Waals surface area (Å²) in [4.78, 5) is 50.4. The minimum atomic E-state index is -1.54. The van der Waals surface area contributed by atoms with Crippen molar-refractivity contribution in [3.8, 4) is 0 Å². The molecule has 3 amide bonds. The van der Waals surface area contributed by atoms with Crippen LogP contribution in [0, 0.1) is 0 Å². The predicted molar refractivity (Wildman–Crippen MR) is 97.5 cm³/mol. The molecule has 3 N–H and O–H groups in total. The van der Waals surface area contributed by atoms with Crippen LogP contribution in [-0.4, -0.2) is 57.5 Å². The number of fused-ring (bicyclic) bond motifs is 1. The summed E-state index contributed by atoms with van der Waals surface area (Å²) in [6.07, 6.45) is 0.00983. The quantitative estimate of drug-likeness (QED) is 0.598. The molecule has 0 fully saturated rings. The fraction of sp³-hybridized carbons (Fsp3) is 0.200. The molecule has 1 aliphatic rings. The summed E-state index contributed by atoms with van der Waals surface area (Å²) in [5.41, 5.74) is 1.07. The van der Waals surface area contributed by atoms with E-state index in [9.17, 15) is 24.3 Å². The third-order valence-electron chi connectivity index (χ3n) is 4.51. The Morgan fingerprint density at radius 1 is 0.929 bits per heavy atom. The molecule has 0 bridgehead atoms. The molecule has 2 atom stereocenters. The second-order valence-corrected chi connectivity index (χ2v) is 6.31. The molecule has 8 nitrogen and oxygen atoms in total. The monoisotopic (exact) mass is 382 g/mol. The lowest BCUT2D eigenvalue weighted by molar-refractivity contribution is -0.143. The first-order valence-electron chi connectivity index (χ1n) is 8.59. The molecule has 1 unspecified atom stereocenters. The van der Waals surface area contributed by atoms with Gasteiger partial charge in [0, 0.05) is 6.42 Å². The minimum Gasteiger partial charge on any atom is -0.480 e. The number of hydrogen-bond donors (Lipinski definition) is 3. The van der Waals surface area contributed by atoms with E-state index in [1.54, 1.807) is 42.5 Å². The van der Waals surface area contributed by atoms with Gasteiger partial charge >= 0.3 is 5.97 Å². The first-order valence-corrected chi connectivity index (χ1v) is 8.59. The van der Waals surface area contributed by atoms with E-state index in [1.807, 2.05) is 0 Å². The van der Waals surface area contributed by atoms with Gasteiger partial charge in [-0.25, -0.2) is 4.79 Å². The summed E-state index contributed by atoms with van der Waals surface area (Å²) in [5.74, 6) is -3.49. The van der Waals surface area contributed by atoms with Gasteiger partial charge in [-0.1, -0.05) is 42.5 Å². The van der Waals surface area contributed by atoms with Crippen molar-refractivity contribution in [2.24, 2.45) is 0 Å². The first-order chi connectivity index (χ1) is 13.4. The van der Waals surface area contributed by atoms with Crippen LogP contribution in [-0.2, 0) is 16.0 Å². The molecule has 8 heteroatoms. The number of nitrogens with zero attached hydrogens (tertiary/aromatic N) is 1. The Morgan fingerprint density at radius 2 is 1.46 bits per heavy atom. The van der Waals surface area contributed by atoms with E-state index in [0.717, 1.165) is 4.90 Å². The van der Waals surface area contributed by atoms with Crippen LogP contribution in [0.25, 0.3) is 0 Å². The number of rotatable bonds is 7. The normalized spacial score (nSPS) is 15.1. The topological polar surface area (TPSA) is 124 Å². The maximum Gasteiger partial charge on any atom is 0.328 e. The lowest BCUT2D eigenvalue weighted by atomic mass is 10.0. The molecule has 0 saturated carbocycles. The van der Waals surface area contributed by atoms with Gasteiger partial charge in [-0.15, -0.1) is 0 Å². The zero-order valence-corrected chi connectivity index (χ0v) is 14.7. The van der Waals surface area contributed by atoms with E-state index in [1.165, 1.54) is 12.1 Å². The summed E-state index contributed by atoms with van der Waals surface area (Å²) in [5, 5.41) is 20.5. The number of carboxylic acid groups (broad SMARTS) is 1. The zero-order valence-electron chi connectivity index (χ0n) is 14.7. The Hall–Kier alpha value is -3.52. The van der Waals surface area contributed by atoms with E-state index in [-0.39, 0.29) is 17.5 Å². The smallest absolute Gasteiger partial charge is 0.328 e. The second kappa shape index (κ2) is 8.01. The number of nitrogens with one attached hydrogen (secondary N) is 1. The van der Waals surface area contributed by atoms with Gasteiger partial charge in [0.05, 0.1) is 17.7 Å². The van der Waals surface area contributed by atoms with Crippen LogP contribution >= 0.6 is 0 Å². The number of aliphatic carboxylic acids is 1. The van der Waals surface area contributed by atoms with Crippen LogP contribution in [0.4, 0.5) is 0 Å². The number of carbonyl (C=O) groups excluding carboxylic acids is 3. The van der Waals surface area contributed by atoms with Crippen molar-refractivity contribution < 1.29 is 29.4 Å². The fourth-order valence-electron chi connectivity index (χ4n) is 3.08. The van der Waals surface area contributed by atoms with Gasteiger partial charge in [0.25, 0.3) is 11.8 Å². The van der Waals surface area contributed by atoms with Gasteiger partial charge in [-0.2, -0.15) is 0 Å². The lowest BCUT2D eigenvalue weighted by Gasteiger charge is -2.26. The van der Waals surface area contributed by atoms with Crippen molar-refractivity contribution in [3.05, 3.63) is 71.3 Å². The summed E-state index contributed by atoms with van der Waals surface area (Å²) >= 11 is 0. The molecule has 1 aliphatic heterocycles. The van der Waals surface area contributed by atoms with Crippen LogP contribution in [0.3, 0.4) is 0 Å². The highest BCUT2D eigenvalue weighted by Gasteiger charge is 2.43. The van der Waals surface area contributed by atoms with Crippen LogP contribution < -0.4 is 5.32 Å². The molecule has 0 saturated heterocycles. The molecule has 2 aromatic rings. The van der Waals surface area contributed by atoms with Crippen LogP contribution in [0.15, 0.2) is 54.6 Å². The van der Waals surface area contributed by atoms with Crippen molar-refractivity contribution in [1.29, 1.82) is 0 Å². The molecular weight excluding hydrogens is 364 g/mol. The highest BCUT2D eigenvalue weighted by atomic mass is 16.4. The van der Waals surface area contributed by atoms with E-state index in [0.29, 0.717) is 5.56 Å². The molecule has 2 aromatic carbocycles. The van der Waals surface area contributed by atoms with Gasteiger partial charge in [0.2, 0.25) is 5.91 Å². The van der Waals surface area contributed by atoms with E-state index in [2.05, 4.69) is 5.32 Å². The average molecular weight is 382 g/mol. The largest absolute Gasteiger partial charge is 0.480 e. The first kappa shape index (κ1) is 19.2. The molecule has 1 heterocycles. The van der Waals surface area contributed by atoms with Crippen molar-refractivity contribution in [1.82, 2.24) is 10.2 Å².